The van der Waals surface area contributed by atoms with Crippen LogP contribution in [0.1, 0.15) is 16.7 Å². The monoisotopic (exact) mass is 348 g/mol. The van der Waals surface area contributed by atoms with Gasteiger partial charge in [-0.25, -0.2) is 12.7 Å². The van der Waals surface area contributed by atoms with Crippen LogP contribution >= 0.6 is 11.6 Å². The summed E-state index contributed by atoms with van der Waals surface area (Å²) in [6, 6.07) is 12.3. The number of rotatable bonds is 3. The molecule has 0 saturated heterocycles. The predicted molar refractivity (Wildman–Crippen MR) is 92.7 cm³/mol. The number of benzene rings is 2. The van der Waals surface area contributed by atoms with Crippen LogP contribution in [0.25, 0.3) is 0 Å². The van der Waals surface area contributed by atoms with Gasteiger partial charge in [-0.05, 0) is 49.2 Å². The molecule has 0 bridgehead atoms. The molecule has 0 amide bonds. The number of halogens is 1. The first-order valence-electron chi connectivity index (χ1n) is 7.30. The zero-order valence-electron chi connectivity index (χ0n) is 13.0. The van der Waals surface area contributed by atoms with Gasteiger partial charge in [-0.15, -0.1) is 0 Å². The van der Waals surface area contributed by atoms with Crippen molar-refractivity contribution in [3.8, 4) is 0 Å². The standard InChI is InChI=1S/C17H17ClN2O2S/c1-12-6-7-16(10-13(12)2)23(21,22)20-9-8-19-17(20)14-4-3-5-15(18)11-14/h3-7,10-11H,8-9H2,1-2H3. The Morgan fingerprint density at radius 3 is 2.57 bits per heavy atom. The minimum Gasteiger partial charge on any atom is -0.265 e. The summed E-state index contributed by atoms with van der Waals surface area (Å²) in [7, 11) is -3.63. The van der Waals surface area contributed by atoms with Gasteiger partial charge in [0.05, 0.1) is 18.0 Å². The Kier molecular flexibility index (Phi) is 4.17. The van der Waals surface area contributed by atoms with Crippen LogP contribution in [0, 0.1) is 13.8 Å². The molecule has 0 spiro atoms. The van der Waals surface area contributed by atoms with Gasteiger partial charge in [0, 0.05) is 10.6 Å². The lowest BCUT2D eigenvalue weighted by Gasteiger charge is -2.21. The van der Waals surface area contributed by atoms with Crippen molar-refractivity contribution in [2.45, 2.75) is 18.7 Å². The molecule has 0 N–H and O–H groups in total. The van der Waals surface area contributed by atoms with Gasteiger partial charge < -0.3 is 0 Å². The number of amidine groups is 1. The number of nitrogens with zero attached hydrogens (tertiary/aromatic N) is 2. The number of aliphatic imine (C=N–C) groups is 1. The fourth-order valence-electron chi connectivity index (χ4n) is 2.53. The maximum absolute atomic E-state index is 13.0. The molecule has 1 heterocycles. The van der Waals surface area contributed by atoms with Crippen molar-refractivity contribution in [3.05, 3.63) is 64.2 Å². The molecule has 0 aromatic heterocycles. The smallest absolute Gasteiger partial charge is 0.265 e. The Morgan fingerprint density at radius 1 is 1.09 bits per heavy atom. The van der Waals surface area contributed by atoms with Gasteiger partial charge >= 0.3 is 0 Å². The number of sulfonamides is 1. The lowest BCUT2D eigenvalue weighted by Crippen LogP contribution is -2.35. The molecular formula is C17H17ClN2O2S. The molecule has 0 atom stereocenters. The molecule has 4 nitrogen and oxygen atoms in total. The van der Waals surface area contributed by atoms with Crippen LogP contribution in [0.2, 0.25) is 5.02 Å². The highest BCUT2D eigenvalue weighted by molar-refractivity contribution is 7.89. The van der Waals surface area contributed by atoms with Gasteiger partial charge in [0.2, 0.25) is 0 Å². The van der Waals surface area contributed by atoms with Crippen molar-refractivity contribution >= 4 is 27.5 Å². The molecule has 0 saturated carbocycles. The minimum atomic E-state index is -3.63. The van der Waals surface area contributed by atoms with E-state index >= 15 is 0 Å². The molecule has 120 valence electrons. The Bertz CT molecular complexity index is 891. The molecule has 0 unspecified atom stereocenters. The second-order valence-corrected chi connectivity index (χ2v) is 7.84. The van der Waals surface area contributed by atoms with Crippen LogP contribution < -0.4 is 0 Å². The average molecular weight is 349 g/mol. The van der Waals surface area contributed by atoms with Gasteiger partial charge in [0.25, 0.3) is 10.0 Å². The average Bonchev–Trinajstić information content (AvgIpc) is 3.00. The van der Waals surface area contributed by atoms with Gasteiger partial charge in [0.15, 0.2) is 0 Å². The van der Waals surface area contributed by atoms with Crippen molar-refractivity contribution < 1.29 is 8.42 Å². The van der Waals surface area contributed by atoms with E-state index in [4.69, 9.17) is 11.6 Å². The molecule has 3 rings (SSSR count). The molecular weight excluding hydrogens is 332 g/mol. The van der Waals surface area contributed by atoms with Gasteiger partial charge in [-0.3, -0.25) is 4.99 Å². The van der Waals surface area contributed by atoms with Crippen LogP contribution in [-0.2, 0) is 10.0 Å². The van der Waals surface area contributed by atoms with Crippen molar-refractivity contribution in [1.29, 1.82) is 0 Å². The van der Waals surface area contributed by atoms with Crippen LogP contribution in [-0.4, -0.2) is 31.6 Å². The highest BCUT2D eigenvalue weighted by Crippen LogP contribution is 2.24. The summed E-state index contributed by atoms with van der Waals surface area (Å²) < 4.78 is 27.3. The summed E-state index contributed by atoms with van der Waals surface area (Å²) in [6.07, 6.45) is 0. The number of hydrogen-bond donors (Lipinski definition) is 0. The van der Waals surface area contributed by atoms with E-state index in [1.54, 1.807) is 30.3 Å². The molecule has 0 aliphatic carbocycles. The van der Waals surface area contributed by atoms with Crippen molar-refractivity contribution in [3.63, 3.8) is 0 Å². The summed E-state index contributed by atoms with van der Waals surface area (Å²) in [5, 5.41) is 0.556. The predicted octanol–water partition coefficient (Wildman–Crippen LogP) is 3.41. The summed E-state index contributed by atoms with van der Waals surface area (Å²) in [5.41, 5.74) is 2.73. The van der Waals surface area contributed by atoms with Crippen molar-refractivity contribution in [2.24, 2.45) is 4.99 Å². The summed E-state index contributed by atoms with van der Waals surface area (Å²) >= 11 is 6.02. The fourth-order valence-corrected chi connectivity index (χ4v) is 4.25. The Balaban J connectivity index is 2.02. The van der Waals surface area contributed by atoms with Gasteiger partial charge in [-0.1, -0.05) is 29.8 Å². The third kappa shape index (κ3) is 2.99. The molecule has 2 aromatic carbocycles. The normalized spacial score (nSPS) is 14.9. The Morgan fingerprint density at radius 2 is 1.87 bits per heavy atom. The Hall–Kier alpha value is -1.85. The van der Waals surface area contributed by atoms with Crippen LogP contribution in [0.3, 0.4) is 0 Å². The largest absolute Gasteiger partial charge is 0.265 e. The zero-order chi connectivity index (χ0) is 16.6. The van der Waals surface area contributed by atoms with E-state index in [-0.39, 0.29) is 4.90 Å². The van der Waals surface area contributed by atoms with E-state index in [0.717, 1.165) is 11.1 Å². The highest BCUT2D eigenvalue weighted by atomic mass is 35.5. The minimum absolute atomic E-state index is 0.289. The first-order chi connectivity index (χ1) is 10.9. The third-order valence-electron chi connectivity index (χ3n) is 3.95. The van der Waals surface area contributed by atoms with Crippen LogP contribution in [0.4, 0.5) is 0 Å². The quantitative estimate of drug-likeness (QED) is 0.853. The highest BCUT2D eigenvalue weighted by Gasteiger charge is 2.31. The number of hydrogen-bond acceptors (Lipinski definition) is 3. The zero-order valence-corrected chi connectivity index (χ0v) is 14.5. The molecule has 0 fully saturated rings. The van der Waals surface area contributed by atoms with Gasteiger partial charge in [-0.2, -0.15) is 0 Å². The second-order valence-electron chi connectivity index (χ2n) is 5.54. The van der Waals surface area contributed by atoms with Crippen LogP contribution in [0.15, 0.2) is 52.4 Å². The van der Waals surface area contributed by atoms with E-state index in [1.807, 2.05) is 26.0 Å². The second kappa shape index (κ2) is 5.98. The van der Waals surface area contributed by atoms with E-state index in [9.17, 15) is 8.42 Å². The maximum atomic E-state index is 13.0. The lowest BCUT2D eigenvalue weighted by molar-refractivity contribution is 0.538. The summed E-state index contributed by atoms with van der Waals surface area (Å²) in [6.45, 7) is 4.66. The molecule has 1 aliphatic heterocycles. The third-order valence-corrected chi connectivity index (χ3v) is 5.97. The molecule has 0 radical (unpaired) electrons. The van der Waals surface area contributed by atoms with Crippen molar-refractivity contribution in [2.75, 3.05) is 13.1 Å². The molecule has 6 heteroatoms. The fraction of sp³-hybridized carbons (Fsp3) is 0.235. The summed E-state index contributed by atoms with van der Waals surface area (Å²) in [5.74, 6) is 0.450. The molecule has 1 aliphatic rings. The Labute approximate surface area is 141 Å². The van der Waals surface area contributed by atoms with E-state index in [1.165, 1.54) is 4.31 Å². The SMILES string of the molecule is Cc1ccc(S(=O)(=O)N2CCN=C2c2cccc(Cl)c2)cc1C. The van der Waals surface area contributed by atoms with Gasteiger partial charge in [0.1, 0.15) is 5.84 Å². The first-order valence-corrected chi connectivity index (χ1v) is 9.12. The van der Waals surface area contributed by atoms with Crippen LogP contribution in [0.5, 0.6) is 0 Å². The van der Waals surface area contributed by atoms with E-state index < -0.39 is 10.0 Å². The molecule has 23 heavy (non-hydrogen) atoms. The molecule has 2 aromatic rings. The van der Waals surface area contributed by atoms with E-state index in [2.05, 4.69) is 4.99 Å². The van der Waals surface area contributed by atoms with E-state index in [0.29, 0.717) is 29.5 Å². The number of aryl methyl sites for hydroxylation is 2. The first kappa shape index (κ1) is 16.0. The topological polar surface area (TPSA) is 49.7 Å². The summed E-state index contributed by atoms with van der Waals surface area (Å²) in [4.78, 5) is 4.65. The lowest BCUT2D eigenvalue weighted by atomic mass is 10.1. The van der Waals surface area contributed by atoms with Crippen molar-refractivity contribution in [1.82, 2.24) is 4.31 Å². The maximum Gasteiger partial charge on any atom is 0.265 e.